The van der Waals surface area contributed by atoms with E-state index in [-0.39, 0.29) is 17.3 Å². The maximum Gasteiger partial charge on any atom is 0.256 e. The number of nitrogens with one attached hydrogen (secondary N) is 1. The summed E-state index contributed by atoms with van der Waals surface area (Å²) >= 11 is 6.01. The summed E-state index contributed by atoms with van der Waals surface area (Å²) in [4.78, 5) is 11.8. The van der Waals surface area contributed by atoms with Crippen LogP contribution in [-0.4, -0.2) is 22.5 Å². The zero-order valence-corrected chi connectivity index (χ0v) is 9.96. The average molecular weight is 243 g/mol. The number of aromatic nitrogens is 1. The summed E-state index contributed by atoms with van der Waals surface area (Å²) < 4.78 is 4.86. The third-order valence-corrected chi connectivity index (χ3v) is 3.42. The minimum Gasteiger partial charge on any atom is -0.361 e. The molecule has 16 heavy (non-hydrogen) atoms. The van der Waals surface area contributed by atoms with Crippen LogP contribution in [0.4, 0.5) is 0 Å². The first-order chi connectivity index (χ1) is 7.66. The lowest BCUT2D eigenvalue weighted by Gasteiger charge is -2.25. The Morgan fingerprint density at radius 2 is 2.19 bits per heavy atom. The van der Waals surface area contributed by atoms with E-state index in [1.54, 1.807) is 6.92 Å². The monoisotopic (exact) mass is 242 g/mol. The molecule has 1 heterocycles. The number of amides is 1. The summed E-state index contributed by atoms with van der Waals surface area (Å²) in [6.45, 7) is 1.73. The van der Waals surface area contributed by atoms with Crippen LogP contribution in [0.25, 0.3) is 0 Å². The quantitative estimate of drug-likeness (QED) is 0.810. The Morgan fingerprint density at radius 3 is 2.75 bits per heavy atom. The van der Waals surface area contributed by atoms with Gasteiger partial charge in [-0.3, -0.25) is 4.79 Å². The van der Waals surface area contributed by atoms with Crippen molar-refractivity contribution in [3.63, 3.8) is 0 Å². The SMILES string of the molecule is Cc1oncc1C(=O)NC1CCC(Cl)CC1. The van der Waals surface area contributed by atoms with Gasteiger partial charge in [0.25, 0.3) is 5.91 Å². The van der Waals surface area contributed by atoms with E-state index >= 15 is 0 Å². The van der Waals surface area contributed by atoms with E-state index in [9.17, 15) is 4.79 Å². The molecule has 1 aliphatic rings. The van der Waals surface area contributed by atoms with Gasteiger partial charge >= 0.3 is 0 Å². The van der Waals surface area contributed by atoms with Gasteiger partial charge in [0.2, 0.25) is 0 Å². The molecule has 4 nitrogen and oxygen atoms in total. The standard InChI is InChI=1S/C11H15ClN2O2/c1-7-10(6-13-16-7)11(15)14-9-4-2-8(12)3-5-9/h6,8-9H,2-5H2,1H3,(H,14,15). The first kappa shape index (κ1) is 11.5. The smallest absolute Gasteiger partial charge is 0.256 e. The molecule has 0 aromatic carbocycles. The van der Waals surface area contributed by atoms with E-state index in [1.807, 2.05) is 0 Å². The summed E-state index contributed by atoms with van der Waals surface area (Å²) in [6, 6.07) is 0.233. The van der Waals surface area contributed by atoms with Crippen molar-refractivity contribution in [1.29, 1.82) is 0 Å². The molecule has 1 aromatic heterocycles. The minimum atomic E-state index is -0.100. The van der Waals surface area contributed by atoms with Crippen molar-refractivity contribution in [2.75, 3.05) is 0 Å². The Kier molecular flexibility index (Phi) is 3.49. The van der Waals surface area contributed by atoms with Gasteiger partial charge in [0, 0.05) is 11.4 Å². The van der Waals surface area contributed by atoms with Crippen LogP contribution in [0.5, 0.6) is 0 Å². The number of rotatable bonds is 2. The number of aryl methyl sites for hydroxylation is 1. The fourth-order valence-corrected chi connectivity index (χ4v) is 2.23. The lowest BCUT2D eigenvalue weighted by atomic mass is 9.95. The third-order valence-electron chi connectivity index (χ3n) is 2.99. The van der Waals surface area contributed by atoms with E-state index in [0.717, 1.165) is 25.7 Å². The highest BCUT2D eigenvalue weighted by Crippen LogP contribution is 2.23. The Morgan fingerprint density at radius 1 is 1.50 bits per heavy atom. The summed E-state index contributed by atoms with van der Waals surface area (Å²) in [6.07, 6.45) is 5.29. The third kappa shape index (κ3) is 2.55. The molecule has 1 saturated carbocycles. The first-order valence-corrected chi connectivity index (χ1v) is 5.96. The van der Waals surface area contributed by atoms with Crippen LogP contribution in [0.3, 0.4) is 0 Å². The maximum absolute atomic E-state index is 11.8. The molecule has 0 spiro atoms. The lowest BCUT2D eigenvalue weighted by molar-refractivity contribution is 0.0926. The molecule has 0 bridgehead atoms. The molecule has 0 aliphatic heterocycles. The molecule has 0 saturated heterocycles. The second kappa shape index (κ2) is 4.87. The van der Waals surface area contributed by atoms with Crippen LogP contribution in [0.1, 0.15) is 41.8 Å². The average Bonchev–Trinajstić information content (AvgIpc) is 2.68. The first-order valence-electron chi connectivity index (χ1n) is 5.53. The maximum atomic E-state index is 11.8. The highest BCUT2D eigenvalue weighted by Gasteiger charge is 2.22. The molecule has 88 valence electrons. The molecule has 1 N–H and O–H groups in total. The Hall–Kier alpha value is -1.03. The molecular weight excluding hydrogens is 228 g/mol. The van der Waals surface area contributed by atoms with E-state index in [2.05, 4.69) is 10.5 Å². The molecule has 0 atom stereocenters. The number of hydrogen-bond donors (Lipinski definition) is 1. The van der Waals surface area contributed by atoms with Crippen LogP contribution >= 0.6 is 11.6 Å². The molecule has 1 aromatic rings. The van der Waals surface area contributed by atoms with Gasteiger partial charge in [-0.15, -0.1) is 11.6 Å². The molecule has 1 amide bonds. The van der Waals surface area contributed by atoms with E-state index < -0.39 is 0 Å². The molecule has 1 fully saturated rings. The van der Waals surface area contributed by atoms with Gasteiger partial charge in [0.1, 0.15) is 11.3 Å². The van der Waals surface area contributed by atoms with Crippen molar-refractivity contribution in [2.24, 2.45) is 0 Å². The van der Waals surface area contributed by atoms with Crippen LogP contribution in [-0.2, 0) is 0 Å². The highest BCUT2D eigenvalue weighted by molar-refractivity contribution is 6.20. The van der Waals surface area contributed by atoms with Gasteiger partial charge in [-0.1, -0.05) is 5.16 Å². The van der Waals surface area contributed by atoms with Crippen molar-refractivity contribution in [3.8, 4) is 0 Å². The predicted octanol–water partition coefficient (Wildman–Crippen LogP) is 2.26. The van der Waals surface area contributed by atoms with Crippen molar-refractivity contribution >= 4 is 17.5 Å². The molecule has 0 radical (unpaired) electrons. The van der Waals surface area contributed by atoms with Crippen LogP contribution < -0.4 is 5.32 Å². The Bertz CT molecular complexity index is 370. The van der Waals surface area contributed by atoms with E-state index in [4.69, 9.17) is 16.1 Å². The second-order valence-electron chi connectivity index (χ2n) is 4.22. The number of carbonyl (C=O) groups excluding carboxylic acids is 1. The number of alkyl halides is 1. The van der Waals surface area contributed by atoms with Gasteiger partial charge in [-0.2, -0.15) is 0 Å². The van der Waals surface area contributed by atoms with Crippen LogP contribution in [0.15, 0.2) is 10.7 Å². The van der Waals surface area contributed by atoms with Gasteiger partial charge in [-0.05, 0) is 32.6 Å². The van der Waals surface area contributed by atoms with Crippen molar-refractivity contribution in [1.82, 2.24) is 10.5 Å². The molecule has 5 heteroatoms. The topological polar surface area (TPSA) is 55.1 Å². The minimum absolute atomic E-state index is 0.100. The zero-order valence-electron chi connectivity index (χ0n) is 9.20. The van der Waals surface area contributed by atoms with Crippen LogP contribution in [0, 0.1) is 6.92 Å². The summed E-state index contributed by atoms with van der Waals surface area (Å²) in [5.74, 6) is 0.459. The summed E-state index contributed by atoms with van der Waals surface area (Å²) in [5, 5.41) is 6.85. The van der Waals surface area contributed by atoms with Gasteiger partial charge < -0.3 is 9.84 Å². The number of halogens is 1. The second-order valence-corrected chi connectivity index (χ2v) is 4.84. The Balaban J connectivity index is 1.91. The molecule has 1 aliphatic carbocycles. The molecular formula is C11H15ClN2O2. The number of nitrogens with zero attached hydrogens (tertiary/aromatic N) is 1. The van der Waals surface area contributed by atoms with Crippen molar-refractivity contribution in [3.05, 3.63) is 17.5 Å². The summed E-state index contributed by atoms with van der Waals surface area (Å²) in [5.41, 5.74) is 0.521. The largest absolute Gasteiger partial charge is 0.361 e. The van der Waals surface area contributed by atoms with Gasteiger partial charge in [-0.25, -0.2) is 0 Å². The zero-order chi connectivity index (χ0) is 11.5. The van der Waals surface area contributed by atoms with Gasteiger partial charge in [0.15, 0.2) is 0 Å². The number of carbonyl (C=O) groups is 1. The van der Waals surface area contributed by atoms with Crippen molar-refractivity contribution < 1.29 is 9.32 Å². The van der Waals surface area contributed by atoms with Crippen LogP contribution in [0.2, 0.25) is 0 Å². The highest BCUT2D eigenvalue weighted by atomic mass is 35.5. The van der Waals surface area contributed by atoms with Gasteiger partial charge in [0.05, 0.1) is 6.20 Å². The van der Waals surface area contributed by atoms with Crippen molar-refractivity contribution in [2.45, 2.75) is 44.0 Å². The summed E-state index contributed by atoms with van der Waals surface area (Å²) in [7, 11) is 0. The van der Waals surface area contributed by atoms with E-state index in [0.29, 0.717) is 11.3 Å². The number of hydrogen-bond acceptors (Lipinski definition) is 3. The fraction of sp³-hybridized carbons (Fsp3) is 0.636. The Labute approximate surface area is 99.3 Å². The molecule has 0 unspecified atom stereocenters. The predicted molar refractivity (Wildman–Crippen MR) is 60.6 cm³/mol. The lowest BCUT2D eigenvalue weighted by Crippen LogP contribution is -2.37. The molecule has 2 rings (SSSR count). The normalized spacial score (nSPS) is 25.4. The fourth-order valence-electron chi connectivity index (χ4n) is 1.98. The van der Waals surface area contributed by atoms with E-state index in [1.165, 1.54) is 6.20 Å².